The quantitative estimate of drug-likeness (QED) is 0.727. The van der Waals surface area contributed by atoms with Crippen molar-refractivity contribution in [1.82, 2.24) is 10.2 Å². The van der Waals surface area contributed by atoms with E-state index in [1.165, 1.54) is 0 Å². The minimum Gasteiger partial charge on any atom is -0.481 e. The summed E-state index contributed by atoms with van der Waals surface area (Å²) in [6, 6.07) is 9.70. The highest BCUT2D eigenvalue weighted by Gasteiger charge is 2.17. The van der Waals surface area contributed by atoms with Gasteiger partial charge >= 0.3 is 5.97 Å². The predicted octanol–water partition coefficient (Wildman–Crippen LogP) is 1.74. The van der Waals surface area contributed by atoms with Gasteiger partial charge in [-0.2, -0.15) is 0 Å². The van der Waals surface area contributed by atoms with E-state index in [0.717, 1.165) is 18.5 Å². The molecule has 1 amide bonds. The normalized spacial score (nSPS) is 12.1. The molecule has 116 valence electrons. The number of nitrogens with zero attached hydrogens (tertiary/aromatic N) is 1. The fourth-order valence-corrected chi connectivity index (χ4v) is 2.07. The third kappa shape index (κ3) is 6.90. The van der Waals surface area contributed by atoms with E-state index in [0.29, 0.717) is 13.1 Å². The second-order valence-corrected chi connectivity index (χ2v) is 5.24. The van der Waals surface area contributed by atoms with Crippen LogP contribution in [-0.4, -0.2) is 41.5 Å². The molecule has 5 heteroatoms. The van der Waals surface area contributed by atoms with Crippen molar-refractivity contribution >= 4 is 11.9 Å². The van der Waals surface area contributed by atoms with Gasteiger partial charge < -0.3 is 10.4 Å². The minimum absolute atomic E-state index is 0.0788. The van der Waals surface area contributed by atoms with Gasteiger partial charge in [-0.15, -0.1) is 0 Å². The molecule has 0 fully saturated rings. The number of carboxylic acids is 1. The molecule has 5 nitrogen and oxygen atoms in total. The van der Waals surface area contributed by atoms with Gasteiger partial charge in [0.05, 0.1) is 12.5 Å². The van der Waals surface area contributed by atoms with Crippen molar-refractivity contribution in [2.24, 2.45) is 5.92 Å². The fourth-order valence-electron chi connectivity index (χ4n) is 2.07. The van der Waals surface area contributed by atoms with Gasteiger partial charge in [-0.25, -0.2) is 0 Å². The highest BCUT2D eigenvalue weighted by molar-refractivity contribution is 5.78. The van der Waals surface area contributed by atoms with Crippen LogP contribution >= 0.6 is 0 Å². The number of aliphatic carboxylic acids is 1. The Labute approximate surface area is 126 Å². The number of carbonyl (C=O) groups is 2. The van der Waals surface area contributed by atoms with Crippen LogP contribution in [-0.2, 0) is 16.1 Å². The first-order valence-electron chi connectivity index (χ1n) is 7.28. The molecule has 1 aromatic rings. The zero-order chi connectivity index (χ0) is 15.7. The number of carboxylic acid groups (broad SMARTS) is 1. The third-order valence-electron chi connectivity index (χ3n) is 3.19. The molecule has 0 aromatic heterocycles. The second-order valence-electron chi connectivity index (χ2n) is 5.24. The molecule has 1 aromatic carbocycles. The Morgan fingerprint density at radius 3 is 2.52 bits per heavy atom. The van der Waals surface area contributed by atoms with Gasteiger partial charge in [0.25, 0.3) is 0 Å². The summed E-state index contributed by atoms with van der Waals surface area (Å²) in [5.74, 6) is -1.39. The summed E-state index contributed by atoms with van der Waals surface area (Å²) in [6.07, 6.45) is 0.887. The molecule has 0 saturated heterocycles. The molecule has 0 aliphatic heterocycles. The molecule has 1 atom stereocenters. The van der Waals surface area contributed by atoms with Crippen LogP contribution in [0.15, 0.2) is 30.3 Å². The van der Waals surface area contributed by atoms with E-state index in [1.807, 2.05) is 42.2 Å². The number of hydrogen-bond acceptors (Lipinski definition) is 3. The SMILES string of the molecule is CCCN(CC(=O)NCc1ccccc1)CC(C)C(=O)O. The summed E-state index contributed by atoms with van der Waals surface area (Å²) in [5.41, 5.74) is 1.05. The van der Waals surface area contributed by atoms with Crippen molar-refractivity contribution in [2.75, 3.05) is 19.6 Å². The van der Waals surface area contributed by atoms with E-state index in [1.54, 1.807) is 6.92 Å². The van der Waals surface area contributed by atoms with Gasteiger partial charge in [0.2, 0.25) is 5.91 Å². The maximum Gasteiger partial charge on any atom is 0.307 e. The van der Waals surface area contributed by atoms with Crippen molar-refractivity contribution in [3.05, 3.63) is 35.9 Å². The first-order chi connectivity index (χ1) is 10.0. The van der Waals surface area contributed by atoms with E-state index in [2.05, 4.69) is 5.32 Å². The van der Waals surface area contributed by atoms with E-state index >= 15 is 0 Å². The molecule has 1 rings (SSSR count). The summed E-state index contributed by atoms with van der Waals surface area (Å²) in [5, 5.41) is 11.8. The number of nitrogens with one attached hydrogen (secondary N) is 1. The van der Waals surface area contributed by atoms with Crippen molar-refractivity contribution in [1.29, 1.82) is 0 Å². The standard InChI is InChI=1S/C16H24N2O3/c1-3-9-18(11-13(2)16(20)21)12-15(19)17-10-14-7-5-4-6-8-14/h4-8,13H,3,9-12H2,1-2H3,(H,17,19)(H,20,21). The molecule has 2 N–H and O–H groups in total. The summed E-state index contributed by atoms with van der Waals surface area (Å²) >= 11 is 0. The maximum absolute atomic E-state index is 12.0. The number of carbonyl (C=O) groups excluding carboxylic acids is 1. The van der Waals surface area contributed by atoms with Gasteiger partial charge in [-0.1, -0.05) is 44.2 Å². The van der Waals surface area contributed by atoms with E-state index in [-0.39, 0.29) is 12.5 Å². The lowest BCUT2D eigenvalue weighted by atomic mass is 10.1. The Hall–Kier alpha value is -1.88. The summed E-state index contributed by atoms with van der Waals surface area (Å²) in [4.78, 5) is 24.7. The van der Waals surface area contributed by atoms with E-state index < -0.39 is 11.9 Å². The lowest BCUT2D eigenvalue weighted by molar-refractivity contribution is -0.142. The molecule has 21 heavy (non-hydrogen) atoms. The molecular weight excluding hydrogens is 268 g/mol. The molecule has 0 saturated carbocycles. The molecule has 0 heterocycles. The van der Waals surface area contributed by atoms with Crippen LogP contribution in [0.2, 0.25) is 0 Å². The molecule has 0 aliphatic carbocycles. The van der Waals surface area contributed by atoms with Crippen molar-refractivity contribution < 1.29 is 14.7 Å². The first-order valence-corrected chi connectivity index (χ1v) is 7.28. The van der Waals surface area contributed by atoms with Gasteiger partial charge in [0.15, 0.2) is 0 Å². The van der Waals surface area contributed by atoms with Gasteiger partial charge in [-0.05, 0) is 18.5 Å². The van der Waals surface area contributed by atoms with Crippen LogP contribution in [0.5, 0.6) is 0 Å². The van der Waals surface area contributed by atoms with E-state index in [4.69, 9.17) is 5.11 Å². The molecule has 0 bridgehead atoms. The summed E-state index contributed by atoms with van der Waals surface area (Å²) in [6.45, 7) is 5.51. The van der Waals surface area contributed by atoms with Gasteiger partial charge in [0.1, 0.15) is 0 Å². The lowest BCUT2D eigenvalue weighted by Gasteiger charge is -2.23. The molecule has 1 unspecified atom stereocenters. The molecule has 0 radical (unpaired) electrons. The zero-order valence-corrected chi connectivity index (χ0v) is 12.7. The van der Waals surface area contributed by atoms with Crippen LogP contribution in [0.25, 0.3) is 0 Å². The van der Waals surface area contributed by atoms with Crippen molar-refractivity contribution in [3.63, 3.8) is 0 Å². The molecular formula is C16H24N2O3. The van der Waals surface area contributed by atoms with Crippen LogP contribution in [0.1, 0.15) is 25.8 Å². The minimum atomic E-state index is -0.833. The number of rotatable bonds is 9. The zero-order valence-electron chi connectivity index (χ0n) is 12.7. The van der Waals surface area contributed by atoms with Crippen LogP contribution in [0.4, 0.5) is 0 Å². The first kappa shape index (κ1) is 17.2. The van der Waals surface area contributed by atoms with Crippen molar-refractivity contribution in [2.45, 2.75) is 26.8 Å². The lowest BCUT2D eigenvalue weighted by Crippen LogP contribution is -2.40. The number of amides is 1. The smallest absolute Gasteiger partial charge is 0.307 e. The Morgan fingerprint density at radius 2 is 1.95 bits per heavy atom. The molecule has 0 aliphatic rings. The monoisotopic (exact) mass is 292 g/mol. The largest absolute Gasteiger partial charge is 0.481 e. The fraction of sp³-hybridized carbons (Fsp3) is 0.500. The van der Waals surface area contributed by atoms with Crippen LogP contribution < -0.4 is 5.32 Å². The van der Waals surface area contributed by atoms with E-state index in [9.17, 15) is 9.59 Å². The molecule has 0 spiro atoms. The van der Waals surface area contributed by atoms with Crippen LogP contribution in [0.3, 0.4) is 0 Å². The van der Waals surface area contributed by atoms with Gasteiger partial charge in [0, 0.05) is 13.1 Å². The average molecular weight is 292 g/mol. The Morgan fingerprint density at radius 1 is 1.29 bits per heavy atom. The number of benzene rings is 1. The average Bonchev–Trinajstić information content (AvgIpc) is 2.46. The van der Waals surface area contributed by atoms with Gasteiger partial charge in [-0.3, -0.25) is 14.5 Å². The topological polar surface area (TPSA) is 69.6 Å². The van der Waals surface area contributed by atoms with Crippen LogP contribution in [0, 0.1) is 5.92 Å². The second kappa shape index (κ2) is 9.13. The Balaban J connectivity index is 2.42. The Kier molecular flexibility index (Phi) is 7.46. The predicted molar refractivity (Wildman–Crippen MR) is 81.8 cm³/mol. The third-order valence-corrected chi connectivity index (χ3v) is 3.19. The number of hydrogen-bond donors (Lipinski definition) is 2. The highest BCUT2D eigenvalue weighted by Crippen LogP contribution is 2.02. The van der Waals surface area contributed by atoms with Crippen molar-refractivity contribution in [3.8, 4) is 0 Å². The highest BCUT2D eigenvalue weighted by atomic mass is 16.4. The summed E-state index contributed by atoms with van der Waals surface area (Å²) < 4.78 is 0. The Bertz CT molecular complexity index is 448. The summed E-state index contributed by atoms with van der Waals surface area (Å²) in [7, 11) is 0. The maximum atomic E-state index is 12.0.